The monoisotopic (exact) mass is 231 g/mol. The van der Waals surface area contributed by atoms with E-state index >= 15 is 0 Å². The molecule has 1 aromatic carbocycles. The summed E-state index contributed by atoms with van der Waals surface area (Å²) in [5.41, 5.74) is 1.80. The molecule has 2 aliphatic rings. The predicted molar refractivity (Wildman–Crippen MR) is 65.4 cm³/mol. The van der Waals surface area contributed by atoms with Crippen molar-refractivity contribution in [2.45, 2.75) is 31.7 Å². The lowest BCUT2D eigenvalue weighted by Crippen LogP contribution is -2.59. The average Bonchev–Trinajstić information content (AvgIpc) is 2.30. The molecule has 0 amide bonds. The summed E-state index contributed by atoms with van der Waals surface area (Å²) in [5.74, 6) is 0.699. The fraction of sp³-hybridized carbons (Fsp3) is 0.500. The molecule has 3 nitrogen and oxygen atoms in total. The predicted octanol–water partition coefficient (Wildman–Crippen LogP) is 1.84. The van der Waals surface area contributed by atoms with Crippen LogP contribution in [-0.2, 0) is 5.41 Å². The average molecular weight is 231 g/mol. The van der Waals surface area contributed by atoms with E-state index < -0.39 is 0 Å². The number of rotatable bonds is 0. The number of aromatic hydroxyl groups is 1. The van der Waals surface area contributed by atoms with Gasteiger partial charge in [0.15, 0.2) is 5.78 Å². The third-order valence-electron chi connectivity index (χ3n) is 4.68. The van der Waals surface area contributed by atoms with Gasteiger partial charge < -0.3 is 10.4 Å². The van der Waals surface area contributed by atoms with E-state index in [1.807, 2.05) is 0 Å². The molecule has 2 bridgehead atoms. The van der Waals surface area contributed by atoms with Crippen molar-refractivity contribution in [3.8, 4) is 5.75 Å². The Bertz CT molecular complexity index is 497. The maximum Gasteiger partial charge on any atom is 0.180 e. The van der Waals surface area contributed by atoms with Gasteiger partial charge in [-0.25, -0.2) is 0 Å². The van der Waals surface area contributed by atoms with Crippen molar-refractivity contribution in [3.63, 3.8) is 0 Å². The number of piperidine rings is 1. The van der Waals surface area contributed by atoms with Gasteiger partial charge in [0.25, 0.3) is 0 Å². The molecule has 90 valence electrons. The summed E-state index contributed by atoms with van der Waals surface area (Å²) < 4.78 is 0. The van der Waals surface area contributed by atoms with E-state index in [4.69, 9.17) is 0 Å². The van der Waals surface area contributed by atoms with E-state index in [0.29, 0.717) is 0 Å². The largest absolute Gasteiger partial charge is 0.508 e. The number of nitrogens with one attached hydrogen (secondary N) is 1. The molecular formula is C14H17NO2. The molecular weight excluding hydrogens is 214 g/mol. The Labute approximate surface area is 101 Å². The molecule has 0 aromatic heterocycles. The molecule has 0 unspecified atom stereocenters. The fourth-order valence-electron chi connectivity index (χ4n) is 3.35. The third kappa shape index (κ3) is 1.29. The van der Waals surface area contributed by atoms with Crippen LogP contribution in [0.5, 0.6) is 5.75 Å². The Balaban J connectivity index is 2.26. The number of fused-ring (bicyclic) bond motifs is 4. The number of hydrogen-bond donors (Lipinski definition) is 2. The van der Waals surface area contributed by atoms with Gasteiger partial charge in [0.1, 0.15) is 5.75 Å². The molecule has 1 aliphatic carbocycles. The van der Waals surface area contributed by atoms with E-state index in [-0.39, 0.29) is 28.9 Å². The van der Waals surface area contributed by atoms with E-state index in [1.54, 1.807) is 18.2 Å². The number of ketones is 1. The van der Waals surface area contributed by atoms with Crippen LogP contribution in [0, 0.1) is 5.92 Å². The molecule has 1 aromatic rings. The van der Waals surface area contributed by atoms with Crippen LogP contribution in [0.15, 0.2) is 18.2 Å². The SMILES string of the molecule is C[C@H]1[C@@H]2NCC[C@@]1(C)c1cc(O)ccc1C2=O. The number of phenolic OH excluding ortho intramolecular Hbond substituents is 1. The van der Waals surface area contributed by atoms with Crippen molar-refractivity contribution in [1.29, 1.82) is 0 Å². The van der Waals surface area contributed by atoms with Gasteiger partial charge in [-0.15, -0.1) is 0 Å². The molecule has 1 aliphatic heterocycles. The lowest BCUT2D eigenvalue weighted by Gasteiger charge is -2.49. The van der Waals surface area contributed by atoms with Crippen molar-refractivity contribution in [2.24, 2.45) is 5.92 Å². The molecule has 17 heavy (non-hydrogen) atoms. The minimum atomic E-state index is -0.0641. The first-order valence-electron chi connectivity index (χ1n) is 6.15. The zero-order valence-electron chi connectivity index (χ0n) is 10.2. The second kappa shape index (κ2) is 3.33. The highest BCUT2D eigenvalue weighted by Crippen LogP contribution is 2.46. The highest BCUT2D eigenvalue weighted by atomic mass is 16.3. The van der Waals surface area contributed by atoms with Gasteiger partial charge in [0, 0.05) is 5.56 Å². The zero-order chi connectivity index (χ0) is 12.2. The molecule has 2 N–H and O–H groups in total. The Hall–Kier alpha value is -1.35. The van der Waals surface area contributed by atoms with Crippen LogP contribution in [0.25, 0.3) is 0 Å². The van der Waals surface area contributed by atoms with Gasteiger partial charge in [-0.2, -0.15) is 0 Å². The van der Waals surface area contributed by atoms with E-state index in [2.05, 4.69) is 19.2 Å². The Morgan fingerprint density at radius 1 is 1.47 bits per heavy atom. The molecule has 3 atom stereocenters. The first-order valence-corrected chi connectivity index (χ1v) is 6.15. The highest BCUT2D eigenvalue weighted by molar-refractivity contribution is 6.03. The number of carbonyl (C=O) groups is 1. The first kappa shape index (κ1) is 10.8. The van der Waals surface area contributed by atoms with E-state index in [1.165, 1.54) is 0 Å². The second-order valence-corrected chi connectivity index (χ2v) is 5.48. The number of carbonyl (C=O) groups excluding carboxylic acids is 1. The Kier molecular flexibility index (Phi) is 2.11. The van der Waals surface area contributed by atoms with Gasteiger partial charge in [-0.05, 0) is 48.1 Å². The van der Waals surface area contributed by atoms with Crippen LogP contribution in [0.3, 0.4) is 0 Å². The van der Waals surface area contributed by atoms with Crippen molar-refractivity contribution >= 4 is 5.78 Å². The molecule has 0 radical (unpaired) electrons. The molecule has 3 heteroatoms. The second-order valence-electron chi connectivity index (χ2n) is 5.48. The molecule has 0 saturated carbocycles. The zero-order valence-corrected chi connectivity index (χ0v) is 10.2. The van der Waals surface area contributed by atoms with E-state index in [0.717, 1.165) is 24.1 Å². The smallest absolute Gasteiger partial charge is 0.180 e. The van der Waals surface area contributed by atoms with Gasteiger partial charge in [0.05, 0.1) is 6.04 Å². The Morgan fingerprint density at radius 2 is 2.24 bits per heavy atom. The molecule has 1 fully saturated rings. The summed E-state index contributed by atoms with van der Waals surface area (Å²) in [5, 5.41) is 13.0. The lowest BCUT2D eigenvalue weighted by atomic mass is 9.59. The maximum absolute atomic E-state index is 12.3. The normalized spacial score (nSPS) is 35.5. The summed E-state index contributed by atoms with van der Waals surface area (Å²) >= 11 is 0. The van der Waals surface area contributed by atoms with Crippen LogP contribution in [-0.4, -0.2) is 23.5 Å². The number of benzene rings is 1. The molecule has 3 rings (SSSR count). The number of hydrogen-bond acceptors (Lipinski definition) is 3. The van der Waals surface area contributed by atoms with Crippen LogP contribution in [0.2, 0.25) is 0 Å². The van der Waals surface area contributed by atoms with Crippen molar-refractivity contribution in [3.05, 3.63) is 29.3 Å². The van der Waals surface area contributed by atoms with Crippen LogP contribution >= 0.6 is 0 Å². The first-order chi connectivity index (χ1) is 8.04. The quantitative estimate of drug-likeness (QED) is 0.716. The molecule has 1 heterocycles. The van der Waals surface area contributed by atoms with Crippen molar-refractivity contribution in [2.75, 3.05) is 6.54 Å². The Morgan fingerprint density at radius 3 is 3.00 bits per heavy atom. The van der Waals surface area contributed by atoms with Crippen LogP contribution < -0.4 is 5.32 Å². The minimum Gasteiger partial charge on any atom is -0.508 e. The lowest BCUT2D eigenvalue weighted by molar-refractivity contribution is 0.0766. The topological polar surface area (TPSA) is 49.3 Å². The van der Waals surface area contributed by atoms with Gasteiger partial charge in [0.2, 0.25) is 0 Å². The highest BCUT2D eigenvalue weighted by Gasteiger charge is 2.49. The number of Topliss-reactive ketones (excluding diaryl/α,β-unsaturated/α-hetero) is 1. The van der Waals surface area contributed by atoms with Gasteiger partial charge in [-0.1, -0.05) is 13.8 Å². The van der Waals surface area contributed by atoms with Crippen molar-refractivity contribution in [1.82, 2.24) is 5.32 Å². The standard InChI is InChI=1S/C14H17NO2/c1-8-12-13(17)10-4-3-9(16)7-11(10)14(8,2)5-6-15-12/h3-4,7-8,12,15-16H,5-6H2,1-2H3/t8-,12-,14+/m0/s1. The maximum atomic E-state index is 12.3. The summed E-state index contributed by atoms with van der Waals surface area (Å²) in [6, 6.07) is 5.07. The minimum absolute atomic E-state index is 0.00208. The van der Waals surface area contributed by atoms with Crippen molar-refractivity contribution < 1.29 is 9.90 Å². The number of phenols is 1. The van der Waals surface area contributed by atoms with Crippen LogP contribution in [0.1, 0.15) is 36.2 Å². The van der Waals surface area contributed by atoms with E-state index in [9.17, 15) is 9.90 Å². The van der Waals surface area contributed by atoms with Crippen LogP contribution in [0.4, 0.5) is 0 Å². The summed E-state index contributed by atoms with van der Waals surface area (Å²) in [7, 11) is 0. The third-order valence-corrected chi connectivity index (χ3v) is 4.68. The summed E-state index contributed by atoms with van der Waals surface area (Å²) in [4.78, 5) is 12.3. The van der Waals surface area contributed by atoms with Gasteiger partial charge in [-0.3, -0.25) is 4.79 Å². The summed E-state index contributed by atoms with van der Waals surface area (Å²) in [6.07, 6.45) is 1.01. The van der Waals surface area contributed by atoms with Gasteiger partial charge >= 0.3 is 0 Å². The fourth-order valence-corrected chi connectivity index (χ4v) is 3.35. The molecule has 1 saturated heterocycles. The summed E-state index contributed by atoms with van der Waals surface area (Å²) in [6.45, 7) is 5.20. The molecule has 0 spiro atoms.